The second-order valence-electron chi connectivity index (χ2n) is 5.32. The van der Waals surface area contributed by atoms with Gasteiger partial charge >= 0.3 is 0 Å². The van der Waals surface area contributed by atoms with Gasteiger partial charge in [-0.1, -0.05) is 54.1 Å². The maximum absolute atomic E-state index is 13.6. The van der Waals surface area contributed by atoms with E-state index < -0.39 is 5.82 Å². The van der Waals surface area contributed by atoms with Crippen LogP contribution in [-0.2, 0) is 12.8 Å². The highest BCUT2D eigenvalue weighted by Crippen LogP contribution is 2.34. The monoisotopic (exact) mass is 344 g/mol. The molecule has 0 aliphatic carbocycles. The third-order valence-electron chi connectivity index (χ3n) is 3.59. The lowest BCUT2D eigenvalue weighted by Crippen LogP contribution is -2.31. The predicted octanol–water partition coefficient (Wildman–Crippen LogP) is 5.73. The summed E-state index contributed by atoms with van der Waals surface area (Å²) in [6, 6.07) is 14.9. The third kappa shape index (κ3) is 4.12. The molecule has 0 nitrogen and oxygen atoms in total. The van der Waals surface area contributed by atoms with Gasteiger partial charge in [0.15, 0.2) is 0 Å². The van der Waals surface area contributed by atoms with Crippen LogP contribution in [0.15, 0.2) is 48.5 Å². The first-order valence-electron chi connectivity index (χ1n) is 6.69. The molecule has 0 saturated heterocycles. The predicted molar refractivity (Wildman–Crippen MR) is 89.1 cm³/mol. The van der Waals surface area contributed by atoms with E-state index in [0.717, 1.165) is 17.5 Å². The zero-order chi connectivity index (χ0) is 15.3. The number of halogens is 4. The van der Waals surface area contributed by atoms with E-state index >= 15 is 0 Å². The van der Waals surface area contributed by atoms with Crippen LogP contribution in [0.5, 0.6) is 0 Å². The smallest absolute Gasteiger partial charge is 0.142 e. The Balaban J connectivity index is 2.27. The first-order valence-corrected chi connectivity index (χ1v) is 8.14. The van der Waals surface area contributed by atoms with Crippen LogP contribution in [0.4, 0.5) is 4.39 Å². The van der Waals surface area contributed by atoms with Crippen molar-refractivity contribution in [3.05, 3.63) is 70.5 Å². The maximum Gasteiger partial charge on any atom is 0.142 e. The highest BCUT2D eigenvalue weighted by Gasteiger charge is 2.30. The van der Waals surface area contributed by atoms with Crippen molar-refractivity contribution in [2.75, 3.05) is 11.8 Å². The fraction of sp³-hybridized carbons (Fsp3) is 0.294. The lowest BCUT2D eigenvalue weighted by atomic mass is 9.79. The van der Waals surface area contributed by atoms with E-state index in [4.69, 9.17) is 34.8 Å². The molecule has 0 unspecified atom stereocenters. The fourth-order valence-electron chi connectivity index (χ4n) is 2.41. The molecule has 0 atom stereocenters. The standard InChI is InChI=1S/C17H16Cl3F/c18-11-17(12-19,9-13-5-2-1-3-6-13)10-14-7-4-8-15(21)16(14)20/h1-8H,9-12H2. The van der Waals surface area contributed by atoms with Crippen LogP contribution < -0.4 is 0 Å². The Morgan fingerprint density at radius 3 is 2.14 bits per heavy atom. The molecule has 4 heteroatoms. The summed E-state index contributed by atoms with van der Waals surface area (Å²) in [6.45, 7) is 0. The van der Waals surface area contributed by atoms with Gasteiger partial charge in [0.05, 0.1) is 5.02 Å². The Hall–Kier alpha value is -0.760. The van der Waals surface area contributed by atoms with Gasteiger partial charge in [-0.15, -0.1) is 23.2 Å². The highest BCUT2D eigenvalue weighted by atomic mass is 35.5. The highest BCUT2D eigenvalue weighted by molar-refractivity contribution is 6.31. The van der Waals surface area contributed by atoms with E-state index in [0.29, 0.717) is 18.2 Å². The molecule has 0 aliphatic heterocycles. The SMILES string of the molecule is Fc1cccc(CC(CCl)(CCl)Cc2ccccc2)c1Cl. The molecule has 0 bridgehead atoms. The molecule has 0 aliphatic rings. The van der Waals surface area contributed by atoms with Crippen molar-refractivity contribution < 1.29 is 4.39 Å². The first-order chi connectivity index (χ1) is 10.1. The molecule has 0 spiro atoms. The normalized spacial score (nSPS) is 11.6. The zero-order valence-electron chi connectivity index (χ0n) is 11.5. The Morgan fingerprint density at radius 2 is 1.52 bits per heavy atom. The first kappa shape index (κ1) is 16.6. The minimum Gasteiger partial charge on any atom is -0.205 e. The number of benzene rings is 2. The molecule has 21 heavy (non-hydrogen) atoms. The molecular formula is C17H16Cl3F. The molecule has 0 heterocycles. The van der Waals surface area contributed by atoms with E-state index in [1.807, 2.05) is 36.4 Å². The Morgan fingerprint density at radius 1 is 0.857 bits per heavy atom. The van der Waals surface area contributed by atoms with E-state index in [1.54, 1.807) is 6.07 Å². The largest absolute Gasteiger partial charge is 0.205 e. The van der Waals surface area contributed by atoms with Crippen molar-refractivity contribution in [2.45, 2.75) is 12.8 Å². The molecule has 0 fully saturated rings. The molecule has 0 radical (unpaired) electrons. The second kappa shape index (κ2) is 7.49. The van der Waals surface area contributed by atoms with Crippen LogP contribution >= 0.6 is 34.8 Å². The molecule has 112 valence electrons. The average Bonchev–Trinajstić information content (AvgIpc) is 2.52. The number of rotatable bonds is 6. The molecule has 0 amide bonds. The summed E-state index contributed by atoms with van der Waals surface area (Å²) in [5.41, 5.74) is 1.56. The number of hydrogen-bond donors (Lipinski definition) is 0. The third-order valence-corrected chi connectivity index (χ3v) is 5.14. The summed E-state index contributed by atoms with van der Waals surface area (Å²) in [5.74, 6) is 0.364. The van der Waals surface area contributed by atoms with Gasteiger partial charge in [-0.3, -0.25) is 0 Å². The minimum absolute atomic E-state index is 0.158. The van der Waals surface area contributed by atoms with Crippen molar-refractivity contribution in [3.63, 3.8) is 0 Å². The summed E-state index contributed by atoms with van der Waals surface area (Å²) in [4.78, 5) is 0. The summed E-state index contributed by atoms with van der Waals surface area (Å²) in [7, 11) is 0. The van der Waals surface area contributed by atoms with Gasteiger partial charge in [-0.05, 0) is 30.0 Å². The van der Waals surface area contributed by atoms with Crippen LogP contribution in [-0.4, -0.2) is 11.8 Å². The van der Waals surface area contributed by atoms with Gasteiger partial charge in [-0.25, -0.2) is 4.39 Å². The summed E-state index contributed by atoms with van der Waals surface area (Å²) in [5, 5.41) is 0.158. The maximum atomic E-state index is 13.6. The zero-order valence-corrected chi connectivity index (χ0v) is 13.7. The van der Waals surface area contributed by atoms with E-state index in [-0.39, 0.29) is 10.4 Å². The van der Waals surface area contributed by atoms with Gasteiger partial charge in [0.1, 0.15) is 5.82 Å². The van der Waals surface area contributed by atoms with Crippen molar-refractivity contribution in [1.29, 1.82) is 0 Å². The summed E-state index contributed by atoms with van der Waals surface area (Å²) >= 11 is 18.4. The minimum atomic E-state index is -0.410. The Bertz CT molecular complexity index is 580. The van der Waals surface area contributed by atoms with Gasteiger partial charge in [0.25, 0.3) is 0 Å². The van der Waals surface area contributed by atoms with Crippen molar-refractivity contribution in [3.8, 4) is 0 Å². The lowest BCUT2D eigenvalue weighted by Gasteiger charge is -2.30. The van der Waals surface area contributed by atoms with Crippen molar-refractivity contribution in [1.82, 2.24) is 0 Å². The molecular weight excluding hydrogens is 330 g/mol. The number of hydrogen-bond acceptors (Lipinski definition) is 0. The Kier molecular flexibility index (Phi) is 5.92. The van der Waals surface area contributed by atoms with Crippen LogP contribution in [0.3, 0.4) is 0 Å². The second-order valence-corrected chi connectivity index (χ2v) is 6.23. The summed E-state index contributed by atoms with van der Waals surface area (Å²) in [6.07, 6.45) is 1.28. The van der Waals surface area contributed by atoms with E-state index in [9.17, 15) is 4.39 Å². The van der Waals surface area contributed by atoms with E-state index in [2.05, 4.69) is 0 Å². The van der Waals surface area contributed by atoms with Crippen LogP contribution in [0, 0.1) is 11.2 Å². The topological polar surface area (TPSA) is 0 Å². The summed E-state index contributed by atoms with van der Waals surface area (Å²) < 4.78 is 13.6. The molecule has 0 saturated carbocycles. The molecule has 2 aromatic rings. The number of alkyl halides is 2. The molecule has 0 N–H and O–H groups in total. The quantitative estimate of drug-likeness (QED) is 0.587. The lowest BCUT2D eigenvalue weighted by molar-refractivity contribution is 0.373. The van der Waals surface area contributed by atoms with Crippen LogP contribution in [0.1, 0.15) is 11.1 Å². The average molecular weight is 346 g/mol. The van der Waals surface area contributed by atoms with E-state index in [1.165, 1.54) is 6.07 Å². The van der Waals surface area contributed by atoms with Crippen LogP contribution in [0.25, 0.3) is 0 Å². The van der Waals surface area contributed by atoms with Gasteiger partial charge in [0, 0.05) is 17.2 Å². The molecule has 0 aromatic heterocycles. The van der Waals surface area contributed by atoms with Gasteiger partial charge in [-0.2, -0.15) is 0 Å². The Labute approximate surface area is 139 Å². The molecule has 2 rings (SSSR count). The van der Waals surface area contributed by atoms with Crippen molar-refractivity contribution >= 4 is 34.8 Å². The fourth-order valence-corrected chi connectivity index (χ4v) is 3.26. The van der Waals surface area contributed by atoms with Gasteiger partial charge < -0.3 is 0 Å². The molecule has 2 aromatic carbocycles. The van der Waals surface area contributed by atoms with Crippen molar-refractivity contribution in [2.24, 2.45) is 5.41 Å². The van der Waals surface area contributed by atoms with Crippen LogP contribution in [0.2, 0.25) is 5.02 Å². The van der Waals surface area contributed by atoms with Gasteiger partial charge in [0.2, 0.25) is 0 Å².